The summed E-state index contributed by atoms with van der Waals surface area (Å²) in [6.07, 6.45) is 6.72. The SMILES string of the molecule is CCc1occc1C1CCCCN1. The van der Waals surface area contributed by atoms with Crippen LogP contribution in [0.15, 0.2) is 16.7 Å². The average Bonchev–Trinajstić information content (AvgIpc) is 2.67. The van der Waals surface area contributed by atoms with Crippen LogP contribution in [0.1, 0.15) is 43.6 Å². The van der Waals surface area contributed by atoms with Crippen molar-refractivity contribution in [1.82, 2.24) is 5.32 Å². The molecule has 1 unspecified atom stereocenters. The van der Waals surface area contributed by atoms with Crippen LogP contribution in [0.25, 0.3) is 0 Å². The van der Waals surface area contributed by atoms with Crippen LogP contribution >= 0.6 is 0 Å². The van der Waals surface area contributed by atoms with E-state index < -0.39 is 0 Å². The molecule has 1 aliphatic heterocycles. The smallest absolute Gasteiger partial charge is 0.108 e. The van der Waals surface area contributed by atoms with Crippen molar-refractivity contribution in [2.24, 2.45) is 0 Å². The van der Waals surface area contributed by atoms with E-state index in [0.29, 0.717) is 6.04 Å². The average molecular weight is 179 g/mol. The molecule has 0 amide bonds. The van der Waals surface area contributed by atoms with Gasteiger partial charge in [-0.25, -0.2) is 0 Å². The molecule has 0 bridgehead atoms. The molecule has 1 aliphatic rings. The topological polar surface area (TPSA) is 25.2 Å². The Morgan fingerprint density at radius 1 is 1.54 bits per heavy atom. The van der Waals surface area contributed by atoms with E-state index in [2.05, 4.69) is 18.3 Å². The van der Waals surface area contributed by atoms with Crippen LogP contribution in [0.3, 0.4) is 0 Å². The fraction of sp³-hybridized carbons (Fsp3) is 0.636. The second kappa shape index (κ2) is 3.97. The maximum absolute atomic E-state index is 5.43. The molecule has 0 spiro atoms. The summed E-state index contributed by atoms with van der Waals surface area (Å²) in [5, 5.41) is 3.54. The number of rotatable bonds is 2. The van der Waals surface area contributed by atoms with Gasteiger partial charge in [0.25, 0.3) is 0 Å². The van der Waals surface area contributed by atoms with E-state index in [9.17, 15) is 0 Å². The number of furan rings is 1. The molecule has 0 radical (unpaired) electrons. The molecule has 1 saturated heterocycles. The molecule has 72 valence electrons. The summed E-state index contributed by atoms with van der Waals surface area (Å²) in [7, 11) is 0. The van der Waals surface area contributed by atoms with Crippen LogP contribution in [0, 0.1) is 0 Å². The number of nitrogens with one attached hydrogen (secondary N) is 1. The Bertz CT molecular complexity index is 261. The molecule has 1 aromatic heterocycles. The van der Waals surface area contributed by atoms with Crippen molar-refractivity contribution in [2.75, 3.05) is 6.54 Å². The Balaban J connectivity index is 2.13. The van der Waals surface area contributed by atoms with Gasteiger partial charge in [-0.3, -0.25) is 0 Å². The van der Waals surface area contributed by atoms with E-state index in [0.717, 1.165) is 18.7 Å². The summed E-state index contributed by atoms with van der Waals surface area (Å²) < 4.78 is 5.43. The summed E-state index contributed by atoms with van der Waals surface area (Å²) in [6.45, 7) is 3.30. The van der Waals surface area contributed by atoms with Crippen LogP contribution in [-0.2, 0) is 6.42 Å². The second-order valence-corrected chi connectivity index (χ2v) is 3.66. The number of aryl methyl sites for hydroxylation is 1. The van der Waals surface area contributed by atoms with Crippen LogP contribution in [0.4, 0.5) is 0 Å². The summed E-state index contributed by atoms with van der Waals surface area (Å²) in [4.78, 5) is 0. The number of piperidine rings is 1. The van der Waals surface area contributed by atoms with Crippen LogP contribution in [-0.4, -0.2) is 6.54 Å². The minimum atomic E-state index is 0.544. The number of hydrogen-bond acceptors (Lipinski definition) is 2. The minimum absolute atomic E-state index is 0.544. The predicted octanol–water partition coefficient (Wildman–Crippen LogP) is 2.66. The van der Waals surface area contributed by atoms with Crippen LogP contribution in [0.5, 0.6) is 0 Å². The van der Waals surface area contributed by atoms with Crippen molar-refractivity contribution in [3.05, 3.63) is 23.7 Å². The van der Waals surface area contributed by atoms with Gasteiger partial charge in [0.05, 0.1) is 6.26 Å². The summed E-state index contributed by atoms with van der Waals surface area (Å²) in [5.41, 5.74) is 1.38. The molecule has 2 heteroatoms. The molecule has 0 aliphatic carbocycles. The maximum Gasteiger partial charge on any atom is 0.108 e. The summed E-state index contributed by atoms with van der Waals surface area (Å²) in [6, 6.07) is 2.66. The first-order chi connectivity index (χ1) is 6.42. The highest BCUT2D eigenvalue weighted by Gasteiger charge is 2.18. The highest BCUT2D eigenvalue weighted by atomic mass is 16.3. The van der Waals surface area contributed by atoms with Crippen molar-refractivity contribution < 1.29 is 4.42 Å². The minimum Gasteiger partial charge on any atom is -0.469 e. The van der Waals surface area contributed by atoms with Crippen molar-refractivity contribution in [3.63, 3.8) is 0 Å². The van der Waals surface area contributed by atoms with Gasteiger partial charge in [0.1, 0.15) is 5.76 Å². The van der Waals surface area contributed by atoms with Gasteiger partial charge in [0.2, 0.25) is 0 Å². The second-order valence-electron chi connectivity index (χ2n) is 3.66. The fourth-order valence-corrected chi connectivity index (χ4v) is 2.07. The fourth-order valence-electron chi connectivity index (χ4n) is 2.07. The highest BCUT2D eigenvalue weighted by molar-refractivity contribution is 5.21. The van der Waals surface area contributed by atoms with Gasteiger partial charge < -0.3 is 9.73 Å². The van der Waals surface area contributed by atoms with Gasteiger partial charge in [-0.15, -0.1) is 0 Å². The summed E-state index contributed by atoms with van der Waals surface area (Å²) >= 11 is 0. The molecule has 2 rings (SSSR count). The van der Waals surface area contributed by atoms with Crippen molar-refractivity contribution in [3.8, 4) is 0 Å². The molecule has 1 N–H and O–H groups in total. The maximum atomic E-state index is 5.43. The Morgan fingerprint density at radius 3 is 3.15 bits per heavy atom. The largest absolute Gasteiger partial charge is 0.469 e. The van der Waals surface area contributed by atoms with Gasteiger partial charge >= 0.3 is 0 Å². The highest BCUT2D eigenvalue weighted by Crippen LogP contribution is 2.26. The van der Waals surface area contributed by atoms with Crippen LogP contribution < -0.4 is 5.32 Å². The van der Waals surface area contributed by atoms with E-state index >= 15 is 0 Å². The standard InChI is InChI=1S/C11H17NO/c1-2-11-9(6-8-13-11)10-5-3-4-7-12-10/h6,8,10,12H,2-5,7H2,1H3. The lowest BCUT2D eigenvalue weighted by Gasteiger charge is -2.23. The van der Waals surface area contributed by atoms with Gasteiger partial charge in [-0.1, -0.05) is 13.3 Å². The first-order valence-electron chi connectivity index (χ1n) is 5.21. The molecule has 2 nitrogen and oxygen atoms in total. The van der Waals surface area contributed by atoms with Crippen molar-refractivity contribution in [1.29, 1.82) is 0 Å². The molecule has 1 fully saturated rings. The zero-order valence-corrected chi connectivity index (χ0v) is 8.18. The van der Waals surface area contributed by atoms with E-state index in [1.807, 2.05) is 6.26 Å². The third-order valence-electron chi connectivity index (χ3n) is 2.79. The Labute approximate surface area is 79.3 Å². The van der Waals surface area contributed by atoms with E-state index in [4.69, 9.17) is 4.42 Å². The molecule has 1 atom stereocenters. The number of hydrogen-bond donors (Lipinski definition) is 1. The Hall–Kier alpha value is -0.760. The predicted molar refractivity (Wildman–Crippen MR) is 52.7 cm³/mol. The molecule has 0 aromatic carbocycles. The zero-order valence-electron chi connectivity index (χ0n) is 8.18. The molecule has 13 heavy (non-hydrogen) atoms. The lowest BCUT2D eigenvalue weighted by Crippen LogP contribution is -2.27. The van der Waals surface area contributed by atoms with E-state index in [1.165, 1.54) is 24.8 Å². The van der Waals surface area contributed by atoms with Gasteiger partial charge in [0.15, 0.2) is 0 Å². The van der Waals surface area contributed by atoms with E-state index in [-0.39, 0.29) is 0 Å². The molecule has 1 aromatic rings. The lowest BCUT2D eigenvalue weighted by molar-refractivity contribution is 0.402. The Morgan fingerprint density at radius 2 is 2.46 bits per heavy atom. The first-order valence-corrected chi connectivity index (χ1v) is 5.21. The quantitative estimate of drug-likeness (QED) is 0.755. The molecular formula is C11H17NO. The van der Waals surface area contributed by atoms with Crippen LogP contribution in [0.2, 0.25) is 0 Å². The molecule has 2 heterocycles. The molecular weight excluding hydrogens is 162 g/mol. The summed E-state index contributed by atoms with van der Waals surface area (Å²) in [5.74, 6) is 1.15. The van der Waals surface area contributed by atoms with E-state index in [1.54, 1.807) is 0 Å². The van der Waals surface area contributed by atoms with Crippen molar-refractivity contribution >= 4 is 0 Å². The van der Waals surface area contributed by atoms with Gasteiger partial charge in [0, 0.05) is 18.0 Å². The van der Waals surface area contributed by atoms with Gasteiger partial charge in [-0.2, -0.15) is 0 Å². The zero-order chi connectivity index (χ0) is 9.10. The third kappa shape index (κ3) is 1.78. The monoisotopic (exact) mass is 179 g/mol. The Kier molecular flexibility index (Phi) is 2.69. The third-order valence-corrected chi connectivity index (χ3v) is 2.79. The van der Waals surface area contributed by atoms with Crippen molar-refractivity contribution in [2.45, 2.75) is 38.6 Å². The normalized spacial score (nSPS) is 23.3. The first kappa shape index (κ1) is 8.82. The van der Waals surface area contributed by atoms with Gasteiger partial charge in [-0.05, 0) is 25.5 Å². The molecule has 0 saturated carbocycles. The lowest BCUT2D eigenvalue weighted by atomic mass is 9.97.